The minimum Gasteiger partial charge on any atom is -0.274 e. The molecule has 0 aromatic carbocycles. The van der Waals surface area contributed by atoms with Crippen molar-refractivity contribution in [3.8, 4) is 0 Å². The summed E-state index contributed by atoms with van der Waals surface area (Å²) in [6, 6.07) is -13.2. The van der Waals surface area contributed by atoms with E-state index in [2.05, 4.69) is 0 Å². The molecule has 6 aliphatic carbocycles. The van der Waals surface area contributed by atoms with E-state index < -0.39 is 312 Å². The van der Waals surface area contributed by atoms with Gasteiger partial charge in [0.2, 0.25) is 23.6 Å². The number of rotatable bonds is 10. The minimum atomic E-state index is -6.64. The molecule has 22 atom stereocenters. The lowest BCUT2D eigenvalue weighted by molar-refractivity contribution is -0.383. The number of alkyl halides is 22. The zero-order chi connectivity index (χ0) is 67.8. The topological polar surface area (TPSA) is 218 Å². The fourth-order valence-electron chi connectivity index (χ4n) is 16.0. The van der Waals surface area contributed by atoms with Gasteiger partial charge < -0.3 is 0 Å². The van der Waals surface area contributed by atoms with Crippen molar-refractivity contribution in [1.82, 2.24) is 19.6 Å². The van der Waals surface area contributed by atoms with E-state index in [9.17, 15) is 55.2 Å². The highest BCUT2D eigenvalue weighted by Crippen LogP contribution is 2.67. The largest absolute Gasteiger partial charge is 0.403 e. The molecular formula is C51H46F22N4O12S2. The first kappa shape index (κ1) is 68.3. The van der Waals surface area contributed by atoms with Crippen molar-refractivity contribution in [2.24, 2.45) is 40.9 Å². The van der Waals surface area contributed by atoms with Gasteiger partial charge in [-0.3, -0.25) is 58.0 Å². The number of carbonyl (C=O) groups excluding carboxylic acids is 8. The summed E-state index contributed by atoms with van der Waals surface area (Å²) in [6.07, 6.45) is -84.4. The Morgan fingerprint density at radius 2 is 0.495 bits per heavy atom. The van der Waals surface area contributed by atoms with E-state index in [-0.39, 0.29) is 9.80 Å². The van der Waals surface area contributed by atoms with Crippen LogP contribution in [0.4, 0.5) is 96.6 Å². The molecule has 0 aromatic heterocycles. The first-order valence-corrected chi connectivity index (χ1v) is 30.9. The van der Waals surface area contributed by atoms with Crippen LogP contribution in [0.3, 0.4) is 0 Å². The van der Waals surface area contributed by atoms with Gasteiger partial charge in [-0.25, -0.2) is 87.1 Å². The molecule has 508 valence electrons. The van der Waals surface area contributed by atoms with Gasteiger partial charge in [-0.15, -0.1) is 0 Å². The molecule has 2 saturated heterocycles. The second-order valence-electron chi connectivity index (χ2n) is 24.3. The van der Waals surface area contributed by atoms with Gasteiger partial charge in [0.1, 0.15) is 45.2 Å². The number of halogens is 22. The van der Waals surface area contributed by atoms with E-state index in [4.69, 9.17) is 0 Å². The Bertz CT molecular complexity index is 3040. The number of carbonyl (C=O) groups is 8. The van der Waals surface area contributed by atoms with Crippen molar-refractivity contribution >= 4 is 66.9 Å². The first-order chi connectivity index (χ1) is 42.0. The lowest BCUT2D eigenvalue weighted by atomic mass is 9.54. The molecule has 22 unspecified atom stereocenters. The van der Waals surface area contributed by atoms with Gasteiger partial charge in [0, 0.05) is 24.3 Å². The van der Waals surface area contributed by atoms with Crippen LogP contribution in [0.2, 0.25) is 0 Å². The molecule has 10 rings (SSSR count). The second kappa shape index (κ2) is 22.8. The van der Waals surface area contributed by atoms with E-state index in [0.717, 1.165) is 0 Å². The lowest BCUT2D eigenvalue weighted by Gasteiger charge is -2.52. The predicted molar refractivity (Wildman–Crippen MR) is 255 cm³/mol. The number of fused-ring (bicyclic) bond motifs is 2. The zero-order valence-corrected chi connectivity index (χ0v) is 46.8. The maximum atomic E-state index is 16.3. The number of imide groups is 4. The average Bonchev–Trinajstić information content (AvgIpc) is 1.69. The van der Waals surface area contributed by atoms with E-state index in [1.54, 1.807) is 0 Å². The summed E-state index contributed by atoms with van der Waals surface area (Å²) in [5.74, 6) is -30.0. The maximum Gasteiger partial charge on any atom is 0.403 e. The van der Waals surface area contributed by atoms with Crippen molar-refractivity contribution in [3.63, 3.8) is 0 Å². The fourth-order valence-corrected chi connectivity index (χ4v) is 20.8. The van der Waals surface area contributed by atoms with Crippen molar-refractivity contribution in [2.75, 3.05) is 0 Å². The molecule has 10 aliphatic rings. The molecule has 40 heteroatoms. The summed E-state index contributed by atoms with van der Waals surface area (Å²) in [7, 11) is -13.3. The van der Waals surface area contributed by atoms with Crippen molar-refractivity contribution < 1.29 is 152 Å². The van der Waals surface area contributed by atoms with Crippen LogP contribution in [0, 0.1) is 40.9 Å². The summed E-state index contributed by atoms with van der Waals surface area (Å²) >= 11 is 0. The number of amides is 8. The van der Waals surface area contributed by atoms with Gasteiger partial charge >= 0.3 is 12.4 Å². The average molecular weight is 1390 g/mol. The fraction of sp³-hybridized carbons (Fsp3) is 0.765. The quantitative estimate of drug-likeness (QED) is 0.209. The summed E-state index contributed by atoms with van der Waals surface area (Å²) in [5, 5.41) is -15.8. The Labute approximate surface area is 497 Å². The van der Waals surface area contributed by atoms with E-state index in [1.807, 2.05) is 0 Å². The number of likely N-dealkylation sites (tertiary alicyclic amines) is 2. The highest BCUT2D eigenvalue weighted by Gasteiger charge is 2.79. The van der Waals surface area contributed by atoms with Crippen molar-refractivity contribution in [2.45, 2.75) is 195 Å². The number of nitrogens with zero attached hydrogens (tertiary/aromatic N) is 4. The number of hydrogen-bond acceptors (Lipinski definition) is 12. The van der Waals surface area contributed by atoms with Gasteiger partial charge in [-0.05, 0) is 50.4 Å². The van der Waals surface area contributed by atoms with Crippen LogP contribution < -0.4 is 0 Å². The molecule has 4 heterocycles. The predicted octanol–water partition coefficient (Wildman–Crippen LogP) is 4.99. The van der Waals surface area contributed by atoms with Crippen molar-refractivity contribution in [1.29, 1.82) is 0 Å². The van der Waals surface area contributed by atoms with Gasteiger partial charge in [0.05, 0.1) is 23.7 Å². The SMILES string of the molecule is O=C1C=CC(=O)N1C1C(F)C(F)C(S(=O)(=O)C2C(F)C(F)C(N3C(=O)C4CCC(C(C5CCC6C(=O)N(C7C(F)C(F)C(S(=O)(=O)C8C(F)C(F)C(N9C(=O)C=CC9=O)C(F)C8F)C(F)C7F)C(=O)C6C5)(C(F)(F)F)C(F)(F)F)CC4C3=O)C(F)C2F)C(F)C1F. The summed E-state index contributed by atoms with van der Waals surface area (Å²) in [5.41, 5.74) is -5.23. The Morgan fingerprint density at radius 3 is 0.703 bits per heavy atom. The molecule has 0 bridgehead atoms. The van der Waals surface area contributed by atoms with Gasteiger partial charge in [0.15, 0.2) is 124 Å². The third-order valence-corrected chi connectivity index (χ3v) is 25.2. The minimum absolute atomic E-state index is 0.359. The molecule has 8 amide bonds. The maximum absolute atomic E-state index is 16.3. The van der Waals surface area contributed by atoms with E-state index in [1.165, 1.54) is 0 Å². The smallest absolute Gasteiger partial charge is 0.274 e. The van der Waals surface area contributed by atoms with Crippen LogP contribution in [-0.2, 0) is 58.0 Å². The molecule has 6 saturated carbocycles. The van der Waals surface area contributed by atoms with Crippen LogP contribution in [0.1, 0.15) is 38.5 Å². The number of sulfone groups is 2. The Balaban J connectivity index is 0.866. The molecule has 16 nitrogen and oxygen atoms in total. The molecule has 91 heavy (non-hydrogen) atoms. The first-order valence-electron chi connectivity index (χ1n) is 27.7. The monoisotopic (exact) mass is 1390 g/mol. The van der Waals surface area contributed by atoms with E-state index >= 15 is 96.6 Å². The molecular weight excluding hydrogens is 1340 g/mol. The van der Waals surface area contributed by atoms with Crippen LogP contribution in [0.15, 0.2) is 24.3 Å². The second-order valence-corrected chi connectivity index (χ2v) is 28.8. The Morgan fingerprint density at radius 1 is 0.297 bits per heavy atom. The Kier molecular flexibility index (Phi) is 17.1. The third kappa shape index (κ3) is 9.59. The van der Waals surface area contributed by atoms with Crippen LogP contribution in [-0.4, -0.2) is 240 Å². The highest BCUT2D eigenvalue weighted by molar-refractivity contribution is 7.93. The molecule has 0 radical (unpaired) electrons. The molecule has 0 spiro atoms. The number of hydrogen-bond donors (Lipinski definition) is 0. The summed E-state index contributed by atoms with van der Waals surface area (Å²) in [4.78, 5) is 102. The van der Waals surface area contributed by atoms with Gasteiger partial charge in [-0.2, -0.15) is 26.3 Å². The summed E-state index contributed by atoms with van der Waals surface area (Å²) in [6.45, 7) is 0. The van der Waals surface area contributed by atoms with E-state index in [0.29, 0.717) is 24.3 Å². The van der Waals surface area contributed by atoms with Crippen molar-refractivity contribution in [3.05, 3.63) is 24.3 Å². The van der Waals surface area contributed by atoms with Gasteiger partial charge in [-0.1, -0.05) is 0 Å². The van der Waals surface area contributed by atoms with Gasteiger partial charge in [0.25, 0.3) is 23.6 Å². The van der Waals surface area contributed by atoms with Crippen LogP contribution in [0.5, 0.6) is 0 Å². The third-order valence-electron chi connectivity index (χ3n) is 20.1. The molecule has 0 N–H and O–H groups in total. The van der Waals surface area contributed by atoms with Crippen LogP contribution >= 0.6 is 0 Å². The normalized spacial score (nSPS) is 46.3. The van der Waals surface area contributed by atoms with Crippen LogP contribution in [0.25, 0.3) is 0 Å². The highest BCUT2D eigenvalue weighted by atomic mass is 32.2. The summed E-state index contributed by atoms with van der Waals surface area (Å²) < 4.78 is 404. The lowest BCUT2D eigenvalue weighted by Crippen LogP contribution is -2.71. The standard InChI is InChI=1S/C51H46F22N4O12S2/c52-21-29(60)41(30(61)22(53)37(21)74-17(78)5-6-18(74)79)90(86,87)43-33(64)25(56)39(26(57)34(43)65)76-45(82)13-3-1-11(9-15(13)47(76)84)49(50(68,69)70,51(71,72)73)12-2-4-14-16(10-12)48(85)77(46(14)83)40-27(58)35(66)44(36(67)28(40)59)91(88,89)42-31(62)23(54)38(24(55)32(42)63)75-19(80)7-8-20(75)81/h5-8,11-16,21-44H,1-4,9-10H2. The Hall–Kier alpha value is -5.60. The zero-order valence-electron chi connectivity index (χ0n) is 45.2. The molecule has 4 aliphatic heterocycles. The molecule has 8 fully saturated rings. The molecule has 0 aromatic rings.